The molecule has 2 saturated heterocycles. The molecular formula is C41H43ClFN5O4. The topological polar surface area (TPSA) is 109 Å². The summed E-state index contributed by atoms with van der Waals surface area (Å²) in [5.74, 6) is 2.09. The van der Waals surface area contributed by atoms with Gasteiger partial charge in [-0.15, -0.1) is 0 Å². The van der Waals surface area contributed by atoms with Crippen LogP contribution in [0.2, 0.25) is 5.02 Å². The van der Waals surface area contributed by atoms with Crippen molar-refractivity contribution in [3.8, 4) is 34.4 Å². The number of hydrogen-bond acceptors (Lipinski definition) is 8. The van der Waals surface area contributed by atoms with Gasteiger partial charge in [-0.3, -0.25) is 14.7 Å². The van der Waals surface area contributed by atoms with Gasteiger partial charge in [-0.25, -0.2) is 4.39 Å². The average molecular weight is 724 g/mol. The predicted octanol–water partition coefficient (Wildman–Crippen LogP) is 7.02. The number of likely N-dealkylation sites (tertiary alicyclic amines) is 1. The van der Waals surface area contributed by atoms with Crippen LogP contribution in [0.4, 0.5) is 4.39 Å². The number of rotatable bonds is 15. The van der Waals surface area contributed by atoms with Gasteiger partial charge in [0.25, 0.3) is 0 Å². The molecule has 0 spiro atoms. The number of pyridine rings is 1. The highest BCUT2D eigenvalue weighted by Gasteiger charge is 2.29. The number of ether oxygens (including phenoxy) is 3. The fraction of sp³-hybridized carbons (Fsp3) is 0.390. The van der Waals surface area contributed by atoms with E-state index in [2.05, 4.69) is 57.8 Å². The van der Waals surface area contributed by atoms with E-state index in [1.807, 2.05) is 24.3 Å². The number of nitriles is 1. The van der Waals surface area contributed by atoms with Crippen molar-refractivity contribution in [2.45, 2.75) is 70.5 Å². The number of nitrogens with zero attached hydrogens (tertiary/aromatic N) is 3. The molecule has 2 fully saturated rings. The van der Waals surface area contributed by atoms with Crippen molar-refractivity contribution in [1.82, 2.24) is 20.5 Å². The lowest BCUT2D eigenvalue weighted by Gasteiger charge is -2.34. The van der Waals surface area contributed by atoms with Crippen LogP contribution in [0.5, 0.6) is 17.2 Å². The second-order valence-electron chi connectivity index (χ2n) is 13.8. The molecule has 4 aromatic rings. The summed E-state index contributed by atoms with van der Waals surface area (Å²) < 4.78 is 32.4. The monoisotopic (exact) mass is 723 g/mol. The minimum absolute atomic E-state index is 0.0790. The summed E-state index contributed by atoms with van der Waals surface area (Å²) >= 11 is 6.90. The number of hydrogen-bond donors (Lipinski definition) is 2. The molecule has 0 saturated carbocycles. The maximum absolute atomic E-state index is 13.2. The van der Waals surface area contributed by atoms with Crippen molar-refractivity contribution in [3.63, 3.8) is 0 Å². The van der Waals surface area contributed by atoms with Crippen LogP contribution < -0.4 is 24.8 Å². The van der Waals surface area contributed by atoms with Gasteiger partial charge in [0.05, 0.1) is 17.2 Å². The third-order valence-electron chi connectivity index (χ3n) is 10.1. The molecule has 2 N–H and O–H groups in total. The fourth-order valence-electron chi connectivity index (χ4n) is 7.31. The van der Waals surface area contributed by atoms with Crippen molar-refractivity contribution >= 4 is 17.5 Å². The fourth-order valence-corrected chi connectivity index (χ4v) is 7.54. The number of carbonyl (C=O) groups is 1. The second kappa shape index (κ2) is 16.3. The molecule has 11 heteroatoms. The molecule has 2 aliphatic heterocycles. The van der Waals surface area contributed by atoms with Crippen molar-refractivity contribution < 1.29 is 23.4 Å². The molecule has 0 radical (unpaired) electrons. The number of halogens is 2. The summed E-state index contributed by atoms with van der Waals surface area (Å²) in [5, 5.41) is 16.2. The number of aromatic nitrogens is 1. The predicted molar refractivity (Wildman–Crippen MR) is 197 cm³/mol. The minimum atomic E-state index is -0.683. The Balaban J connectivity index is 1.07. The first-order valence-corrected chi connectivity index (χ1v) is 18.4. The average Bonchev–Trinajstić information content (AvgIpc) is 3.75. The van der Waals surface area contributed by atoms with Crippen LogP contribution in [-0.4, -0.2) is 60.8 Å². The van der Waals surface area contributed by atoms with Crippen molar-refractivity contribution in [2.24, 2.45) is 0 Å². The van der Waals surface area contributed by atoms with E-state index in [0.717, 1.165) is 65.8 Å². The molecule has 1 amide bonds. The van der Waals surface area contributed by atoms with E-state index in [9.17, 15) is 14.4 Å². The zero-order valence-electron chi connectivity index (χ0n) is 29.3. The number of nitrogens with one attached hydrogen (secondary N) is 2. The molecule has 52 heavy (non-hydrogen) atoms. The van der Waals surface area contributed by atoms with Crippen LogP contribution in [0, 0.1) is 18.3 Å². The largest absolute Gasteiger partial charge is 0.493 e. The number of alkyl halides is 1. The van der Waals surface area contributed by atoms with Crippen molar-refractivity contribution in [2.75, 3.05) is 32.8 Å². The minimum Gasteiger partial charge on any atom is -0.493 e. The third-order valence-corrected chi connectivity index (χ3v) is 10.4. The van der Waals surface area contributed by atoms with E-state index in [1.54, 1.807) is 12.3 Å². The Labute approximate surface area is 309 Å². The van der Waals surface area contributed by atoms with Gasteiger partial charge < -0.3 is 24.8 Å². The van der Waals surface area contributed by atoms with Gasteiger partial charge in [0, 0.05) is 74.8 Å². The Morgan fingerprint density at radius 1 is 1.04 bits per heavy atom. The van der Waals surface area contributed by atoms with Gasteiger partial charge in [0.2, 0.25) is 5.91 Å². The molecule has 0 bridgehead atoms. The molecule has 3 heterocycles. The Hall–Kier alpha value is -4.69. The molecule has 3 aliphatic rings. The third kappa shape index (κ3) is 8.34. The van der Waals surface area contributed by atoms with Crippen molar-refractivity contribution in [3.05, 3.63) is 105 Å². The van der Waals surface area contributed by atoms with E-state index < -0.39 is 6.17 Å². The molecule has 3 aromatic carbocycles. The maximum atomic E-state index is 13.2. The zero-order valence-corrected chi connectivity index (χ0v) is 30.1. The van der Waals surface area contributed by atoms with Gasteiger partial charge in [-0.05, 0) is 78.6 Å². The first-order chi connectivity index (χ1) is 25.3. The number of fused-ring (bicyclic) bond motifs is 1. The van der Waals surface area contributed by atoms with Gasteiger partial charge in [-0.1, -0.05) is 41.9 Å². The molecular weight excluding hydrogens is 681 g/mol. The van der Waals surface area contributed by atoms with Gasteiger partial charge >= 0.3 is 0 Å². The summed E-state index contributed by atoms with van der Waals surface area (Å²) in [6.07, 6.45) is 6.18. The highest BCUT2D eigenvalue weighted by atomic mass is 35.5. The zero-order chi connectivity index (χ0) is 36.0. The van der Waals surface area contributed by atoms with E-state index in [1.165, 1.54) is 17.3 Å². The van der Waals surface area contributed by atoms with E-state index in [0.29, 0.717) is 61.3 Å². The standard InChI is InChI=1S/C41H43ClFN5O4/c1-26-32(5-3-8-37(26)50-14-4-13-48-23-30(43)24-48)33-6-2-7-35-34(33)10-11-38(35)52-40-17-39(51-25-28-15-27(18-44)19-45-20-28)29(16-36(40)42)21-46-22-31-9-12-41(49)47-31/h2-3,5-8,15-17,19-20,30-31,38,46H,4,9-14,21-25H2,1H3,(H,47,49)/t31?,38-/m0/s1. The SMILES string of the molecule is Cc1c(OCCCN2CC(F)C2)cccc1-c1cccc2c1CC[C@@H]2Oc1cc(OCc2cncc(C#N)c2)c(CNCC2CCC(=O)N2)cc1Cl. The molecule has 270 valence electrons. The smallest absolute Gasteiger partial charge is 0.220 e. The molecule has 9 nitrogen and oxygen atoms in total. The molecule has 2 atom stereocenters. The van der Waals surface area contributed by atoms with Crippen LogP contribution in [0.3, 0.4) is 0 Å². The summed E-state index contributed by atoms with van der Waals surface area (Å²) in [4.78, 5) is 18.0. The number of amides is 1. The summed E-state index contributed by atoms with van der Waals surface area (Å²) in [6.45, 7) is 5.92. The van der Waals surface area contributed by atoms with Crippen LogP contribution >= 0.6 is 11.6 Å². The lowest BCUT2D eigenvalue weighted by atomic mass is 9.93. The number of carbonyl (C=O) groups excluding carboxylic acids is 1. The second-order valence-corrected chi connectivity index (χ2v) is 14.2. The van der Waals surface area contributed by atoms with Gasteiger partial charge in [0.1, 0.15) is 42.2 Å². The van der Waals surface area contributed by atoms with E-state index >= 15 is 0 Å². The summed E-state index contributed by atoms with van der Waals surface area (Å²) in [7, 11) is 0. The van der Waals surface area contributed by atoms with Gasteiger partial charge in [-0.2, -0.15) is 5.26 Å². The Bertz CT molecular complexity index is 1960. The number of benzene rings is 3. The van der Waals surface area contributed by atoms with Crippen LogP contribution in [0.25, 0.3) is 11.1 Å². The quantitative estimate of drug-likeness (QED) is 0.126. The van der Waals surface area contributed by atoms with Crippen LogP contribution in [0.15, 0.2) is 67.0 Å². The Morgan fingerprint density at radius 2 is 1.88 bits per heavy atom. The summed E-state index contributed by atoms with van der Waals surface area (Å²) in [6, 6.07) is 20.3. The van der Waals surface area contributed by atoms with Gasteiger partial charge in [0.15, 0.2) is 0 Å². The maximum Gasteiger partial charge on any atom is 0.220 e. The molecule has 1 aliphatic carbocycles. The molecule has 1 unspecified atom stereocenters. The van der Waals surface area contributed by atoms with E-state index in [-0.39, 0.29) is 24.7 Å². The lowest BCUT2D eigenvalue weighted by molar-refractivity contribution is -0.119. The Kier molecular flexibility index (Phi) is 11.2. The van der Waals surface area contributed by atoms with Crippen LogP contribution in [-0.2, 0) is 24.4 Å². The molecule has 1 aromatic heterocycles. The Morgan fingerprint density at radius 3 is 2.69 bits per heavy atom. The first kappa shape index (κ1) is 35.7. The van der Waals surface area contributed by atoms with Crippen molar-refractivity contribution in [1.29, 1.82) is 5.26 Å². The normalized spacial score (nSPS) is 18.4. The lowest BCUT2D eigenvalue weighted by Crippen LogP contribution is -2.48. The molecule has 7 rings (SSSR count). The first-order valence-electron chi connectivity index (χ1n) is 18.0. The van der Waals surface area contributed by atoms with Crippen LogP contribution in [0.1, 0.15) is 65.2 Å². The highest BCUT2D eigenvalue weighted by Crippen LogP contribution is 2.44. The highest BCUT2D eigenvalue weighted by molar-refractivity contribution is 6.32. The van der Waals surface area contributed by atoms with E-state index in [4.69, 9.17) is 25.8 Å². The summed E-state index contributed by atoms with van der Waals surface area (Å²) in [5.41, 5.74) is 7.87.